The fourth-order valence-electron chi connectivity index (χ4n) is 3.28. The average molecular weight is 461 g/mol. The summed E-state index contributed by atoms with van der Waals surface area (Å²) < 4.78 is 30.0. The molecule has 0 saturated carbocycles. The molecule has 4 aromatic rings. The van der Waals surface area contributed by atoms with Gasteiger partial charge in [-0.3, -0.25) is 9.52 Å². The van der Waals surface area contributed by atoms with Crippen molar-refractivity contribution < 1.29 is 13.2 Å². The first kappa shape index (κ1) is 22.3. The second-order valence-electron chi connectivity index (χ2n) is 7.73. The molecule has 0 bridgehead atoms. The summed E-state index contributed by atoms with van der Waals surface area (Å²) in [7, 11) is -3.81. The van der Waals surface area contributed by atoms with Gasteiger partial charge in [0.15, 0.2) is 0 Å². The largest absolute Gasteiger partial charge is 0.348 e. The number of sulfonamides is 1. The first-order valence-corrected chi connectivity index (χ1v) is 11.9. The molecule has 0 aliphatic heterocycles. The maximum atomic E-state index is 12.7. The van der Waals surface area contributed by atoms with Crippen molar-refractivity contribution in [3.63, 3.8) is 0 Å². The third-order valence-corrected chi connectivity index (χ3v) is 6.49. The van der Waals surface area contributed by atoms with Gasteiger partial charge in [0.1, 0.15) is 0 Å². The van der Waals surface area contributed by atoms with Crippen molar-refractivity contribution in [1.82, 2.24) is 14.9 Å². The minimum Gasteiger partial charge on any atom is -0.348 e. The second kappa shape index (κ2) is 9.70. The second-order valence-corrected chi connectivity index (χ2v) is 9.42. The van der Waals surface area contributed by atoms with Crippen molar-refractivity contribution in [1.29, 1.82) is 0 Å². The van der Waals surface area contributed by atoms with Crippen LogP contribution in [0.1, 0.15) is 27.0 Å². The van der Waals surface area contributed by atoms with Gasteiger partial charge in [-0.25, -0.2) is 13.4 Å². The van der Waals surface area contributed by atoms with Gasteiger partial charge in [-0.05, 0) is 48.4 Å². The van der Waals surface area contributed by atoms with E-state index in [1.54, 1.807) is 36.8 Å². The zero-order valence-corrected chi connectivity index (χ0v) is 18.9. The number of carbonyl (C=O) groups is 1. The molecule has 4 rings (SSSR count). The molecule has 33 heavy (non-hydrogen) atoms. The highest BCUT2D eigenvalue weighted by molar-refractivity contribution is 7.92. The Morgan fingerprint density at radius 2 is 1.70 bits per heavy atom. The molecule has 0 radical (unpaired) electrons. The molecule has 1 amide bonds. The van der Waals surface area contributed by atoms with Gasteiger partial charge in [-0.1, -0.05) is 48.0 Å². The Bertz CT molecular complexity index is 1330. The SMILES string of the molecule is Cc1ccc(NS(=O)(=O)c2cccc(C(=O)NCc3ccc(Cn4ccnc4)cc3)c2)cc1. The number of carbonyl (C=O) groups excluding carboxylic acids is 1. The van der Waals surface area contributed by atoms with Gasteiger partial charge in [0.25, 0.3) is 15.9 Å². The van der Waals surface area contributed by atoms with Crippen LogP contribution in [0.25, 0.3) is 0 Å². The highest BCUT2D eigenvalue weighted by Crippen LogP contribution is 2.18. The van der Waals surface area contributed by atoms with Crippen LogP contribution in [0.15, 0.2) is 96.4 Å². The smallest absolute Gasteiger partial charge is 0.261 e. The third kappa shape index (κ3) is 5.87. The van der Waals surface area contributed by atoms with E-state index in [9.17, 15) is 13.2 Å². The highest BCUT2D eigenvalue weighted by atomic mass is 32.2. The Morgan fingerprint density at radius 3 is 2.39 bits per heavy atom. The monoisotopic (exact) mass is 460 g/mol. The van der Waals surface area contributed by atoms with E-state index in [1.807, 2.05) is 54.1 Å². The van der Waals surface area contributed by atoms with Crippen LogP contribution in [-0.2, 0) is 23.1 Å². The van der Waals surface area contributed by atoms with Crippen LogP contribution in [0, 0.1) is 6.92 Å². The topological polar surface area (TPSA) is 93.1 Å². The van der Waals surface area contributed by atoms with Crippen LogP contribution in [0.5, 0.6) is 0 Å². The van der Waals surface area contributed by atoms with E-state index in [0.29, 0.717) is 12.2 Å². The van der Waals surface area contributed by atoms with E-state index in [-0.39, 0.29) is 16.4 Å². The van der Waals surface area contributed by atoms with Crippen molar-refractivity contribution in [2.45, 2.75) is 24.9 Å². The zero-order valence-electron chi connectivity index (χ0n) is 18.1. The molecule has 7 nitrogen and oxygen atoms in total. The average Bonchev–Trinajstić information content (AvgIpc) is 3.33. The summed E-state index contributed by atoms with van der Waals surface area (Å²) >= 11 is 0. The molecule has 1 aromatic heterocycles. The normalized spacial score (nSPS) is 11.2. The number of imidazole rings is 1. The van der Waals surface area contributed by atoms with Crippen LogP contribution in [0.2, 0.25) is 0 Å². The van der Waals surface area contributed by atoms with Crippen molar-refractivity contribution >= 4 is 21.6 Å². The lowest BCUT2D eigenvalue weighted by Crippen LogP contribution is -2.23. The number of hydrogen-bond donors (Lipinski definition) is 2. The number of anilines is 1. The lowest BCUT2D eigenvalue weighted by atomic mass is 10.1. The Morgan fingerprint density at radius 1 is 0.970 bits per heavy atom. The summed E-state index contributed by atoms with van der Waals surface area (Å²) in [4.78, 5) is 16.7. The molecule has 2 N–H and O–H groups in total. The van der Waals surface area contributed by atoms with Crippen LogP contribution in [0.3, 0.4) is 0 Å². The molecule has 0 aliphatic rings. The van der Waals surface area contributed by atoms with E-state index in [1.165, 1.54) is 12.1 Å². The summed E-state index contributed by atoms with van der Waals surface area (Å²) in [6.45, 7) is 2.99. The van der Waals surface area contributed by atoms with Crippen molar-refractivity contribution in [3.05, 3.63) is 114 Å². The van der Waals surface area contributed by atoms with Gasteiger partial charge in [0.2, 0.25) is 0 Å². The van der Waals surface area contributed by atoms with Gasteiger partial charge < -0.3 is 9.88 Å². The predicted octanol–water partition coefficient (Wildman–Crippen LogP) is 3.97. The van der Waals surface area contributed by atoms with E-state index < -0.39 is 10.0 Å². The maximum absolute atomic E-state index is 12.7. The molecule has 168 valence electrons. The first-order chi connectivity index (χ1) is 15.9. The first-order valence-electron chi connectivity index (χ1n) is 10.4. The molecule has 3 aromatic carbocycles. The summed E-state index contributed by atoms with van der Waals surface area (Å²) in [6.07, 6.45) is 5.40. The standard InChI is InChI=1S/C25H24N4O3S/c1-19-5-11-23(12-6-19)28-33(31,32)24-4-2-3-22(15-24)25(30)27-16-20-7-9-21(10-8-20)17-29-14-13-26-18-29/h2-15,18,28H,16-17H2,1H3,(H,27,30). The number of rotatable bonds is 8. The molecular weight excluding hydrogens is 436 g/mol. The van der Waals surface area contributed by atoms with Gasteiger partial charge in [-0.2, -0.15) is 0 Å². The summed E-state index contributed by atoms with van der Waals surface area (Å²) in [5, 5.41) is 2.85. The number of hydrogen-bond acceptors (Lipinski definition) is 4. The van der Waals surface area contributed by atoms with Crippen molar-refractivity contribution in [2.75, 3.05) is 4.72 Å². The number of aryl methyl sites for hydroxylation is 1. The van der Waals surface area contributed by atoms with Crippen molar-refractivity contribution in [3.8, 4) is 0 Å². The molecule has 0 saturated heterocycles. The number of aromatic nitrogens is 2. The summed E-state index contributed by atoms with van der Waals surface area (Å²) in [5.41, 5.74) is 3.85. The summed E-state index contributed by atoms with van der Waals surface area (Å²) in [6, 6.07) is 21.0. The minimum atomic E-state index is -3.81. The van der Waals surface area contributed by atoms with E-state index in [4.69, 9.17) is 0 Å². The van der Waals surface area contributed by atoms with Crippen LogP contribution < -0.4 is 10.0 Å². The quantitative estimate of drug-likeness (QED) is 0.416. The summed E-state index contributed by atoms with van der Waals surface area (Å²) in [5.74, 6) is -0.343. The molecule has 0 fully saturated rings. The molecule has 0 spiro atoms. The van der Waals surface area contributed by atoms with E-state index >= 15 is 0 Å². The predicted molar refractivity (Wildman–Crippen MR) is 127 cm³/mol. The molecule has 1 heterocycles. The van der Waals surface area contributed by atoms with E-state index in [0.717, 1.165) is 23.2 Å². The zero-order chi connectivity index (χ0) is 23.3. The molecule has 8 heteroatoms. The molecule has 0 atom stereocenters. The Hall–Kier alpha value is -3.91. The van der Waals surface area contributed by atoms with Gasteiger partial charge >= 0.3 is 0 Å². The molecule has 0 unspecified atom stereocenters. The lowest BCUT2D eigenvalue weighted by Gasteiger charge is -2.10. The van der Waals surface area contributed by atoms with Crippen LogP contribution >= 0.6 is 0 Å². The fourth-order valence-corrected chi connectivity index (χ4v) is 4.38. The number of nitrogens with one attached hydrogen (secondary N) is 2. The molecule has 0 aliphatic carbocycles. The van der Waals surface area contributed by atoms with Gasteiger partial charge in [0, 0.05) is 36.7 Å². The Kier molecular flexibility index (Phi) is 6.55. The van der Waals surface area contributed by atoms with Gasteiger partial charge in [-0.15, -0.1) is 0 Å². The molecular formula is C25H24N4O3S. The minimum absolute atomic E-state index is 0.0274. The number of amides is 1. The highest BCUT2D eigenvalue weighted by Gasteiger charge is 2.16. The Balaban J connectivity index is 1.38. The lowest BCUT2D eigenvalue weighted by molar-refractivity contribution is 0.0950. The van der Waals surface area contributed by atoms with Crippen LogP contribution in [0.4, 0.5) is 5.69 Å². The Labute approximate surface area is 193 Å². The maximum Gasteiger partial charge on any atom is 0.261 e. The van der Waals surface area contributed by atoms with Gasteiger partial charge in [0.05, 0.1) is 11.2 Å². The number of benzene rings is 3. The van der Waals surface area contributed by atoms with Crippen LogP contribution in [-0.4, -0.2) is 23.9 Å². The van der Waals surface area contributed by atoms with Crippen molar-refractivity contribution in [2.24, 2.45) is 0 Å². The number of nitrogens with zero attached hydrogens (tertiary/aromatic N) is 2. The fraction of sp³-hybridized carbons (Fsp3) is 0.120. The third-order valence-electron chi connectivity index (χ3n) is 5.11. The van der Waals surface area contributed by atoms with E-state index in [2.05, 4.69) is 15.0 Å².